The van der Waals surface area contributed by atoms with E-state index in [0.717, 1.165) is 0 Å². The molecule has 0 rings (SSSR count). The third-order valence-electron chi connectivity index (χ3n) is 0.254. The van der Waals surface area contributed by atoms with Crippen LogP contribution in [0, 0.1) is 0 Å². The van der Waals surface area contributed by atoms with Crippen molar-refractivity contribution in [2.75, 3.05) is 0 Å². The van der Waals surface area contributed by atoms with Gasteiger partial charge in [0, 0.05) is 6.20 Å². The zero-order chi connectivity index (χ0) is 8.83. The van der Waals surface area contributed by atoms with E-state index in [-0.39, 0.29) is 0 Å². The predicted octanol–water partition coefficient (Wildman–Crippen LogP) is 2.91. The largest absolute Gasteiger partial charge is 0.253 e. The lowest BCUT2D eigenvalue weighted by Crippen LogP contribution is -1.53. The van der Waals surface area contributed by atoms with Crippen LogP contribution in [0.1, 0.15) is 27.7 Å². The second kappa shape index (κ2) is 42.7. The lowest BCUT2D eigenvalue weighted by atomic mass is 11.0. The first-order valence-corrected chi connectivity index (χ1v) is 3.50. The first-order valence-electron chi connectivity index (χ1n) is 3.50. The summed E-state index contributed by atoms with van der Waals surface area (Å²) in [5.41, 5.74) is 0. The molecule has 0 saturated carbocycles. The summed E-state index contributed by atoms with van der Waals surface area (Å²) < 4.78 is 0. The van der Waals surface area contributed by atoms with E-state index in [2.05, 4.69) is 23.3 Å². The van der Waals surface area contributed by atoms with Gasteiger partial charge < -0.3 is 0 Å². The summed E-state index contributed by atoms with van der Waals surface area (Å²) in [6.45, 7) is 14.5. The molecule has 2 nitrogen and oxygen atoms in total. The van der Waals surface area contributed by atoms with E-state index in [9.17, 15) is 0 Å². The third-order valence-corrected chi connectivity index (χ3v) is 0.254. The van der Waals surface area contributed by atoms with Crippen molar-refractivity contribution in [3.63, 3.8) is 0 Å². The van der Waals surface area contributed by atoms with Crippen LogP contribution in [0.3, 0.4) is 0 Å². The fourth-order valence-corrected chi connectivity index (χ4v) is 0.0943. The van der Waals surface area contributed by atoms with Gasteiger partial charge in [0.25, 0.3) is 0 Å². The van der Waals surface area contributed by atoms with Gasteiger partial charge in [0.05, 0.1) is 0 Å². The summed E-state index contributed by atoms with van der Waals surface area (Å²) in [6, 6.07) is 0. The van der Waals surface area contributed by atoms with Gasteiger partial charge in [-0.05, 0) is 6.72 Å². The molecule has 0 unspecified atom stereocenters. The van der Waals surface area contributed by atoms with Crippen LogP contribution < -0.4 is 0 Å². The summed E-state index contributed by atoms with van der Waals surface area (Å²) in [5, 5.41) is 0. The van der Waals surface area contributed by atoms with Crippen molar-refractivity contribution in [2.24, 2.45) is 9.98 Å². The van der Waals surface area contributed by atoms with Crippen molar-refractivity contribution in [3.8, 4) is 0 Å². The molecule has 2 heteroatoms. The molecular weight excluding hydrogens is 124 g/mol. The fraction of sp³-hybridized carbons (Fsp3) is 0.500. The monoisotopic (exact) mass is 142 g/mol. The van der Waals surface area contributed by atoms with E-state index in [1.165, 1.54) is 12.5 Å². The second-order valence-electron chi connectivity index (χ2n) is 0.630. The van der Waals surface area contributed by atoms with Crippen molar-refractivity contribution >= 4 is 13.1 Å². The molecule has 0 radical (unpaired) electrons. The van der Waals surface area contributed by atoms with Gasteiger partial charge in [0.2, 0.25) is 0 Å². The standard InChI is InChI=1S/C4H6N2.2C2H6/c1-3-6-4-5-2;2*1-2/h3-4H,1-2H2;2*1-2H3. The highest BCUT2D eigenvalue weighted by atomic mass is 14.8. The molecule has 0 spiro atoms. The Bertz CT molecular complexity index is 65.3. The molecule has 0 atom stereocenters. The summed E-state index contributed by atoms with van der Waals surface area (Å²) in [5.74, 6) is 0. The maximum atomic E-state index is 3.50. The zero-order valence-corrected chi connectivity index (χ0v) is 7.46. The molecule has 0 fully saturated rings. The Morgan fingerprint density at radius 1 is 1.10 bits per heavy atom. The number of hydrogen-bond acceptors (Lipinski definition) is 1. The van der Waals surface area contributed by atoms with Gasteiger partial charge in [-0.25, -0.2) is 4.99 Å². The normalized spacial score (nSPS) is 6.40. The minimum Gasteiger partial charge on any atom is -0.253 e. The second-order valence-corrected chi connectivity index (χ2v) is 0.630. The Labute approximate surface area is 64.4 Å². The van der Waals surface area contributed by atoms with Crippen molar-refractivity contribution in [1.29, 1.82) is 0 Å². The van der Waals surface area contributed by atoms with E-state index >= 15 is 0 Å². The van der Waals surface area contributed by atoms with Crippen molar-refractivity contribution in [3.05, 3.63) is 12.8 Å². The molecule has 0 aromatic rings. The lowest BCUT2D eigenvalue weighted by Gasteiger charge is -1.63. The molecule has 0 aliphatic carbocycles. The maximum Gasteiger partial charge on any atom is 0.114 e. The molecule has 0 heterocycles. The van der Waals surface area contributed by atoms with Crippen molar-refractivity contribution in [1.82, 2.24) is 0 Å². The van der Waals surface area contributed by atoms with Gasteiger partial charge in [-0.1, -0.05) is 34.3 Å². The summed E-state index contributed by atoms with van der Waals surface area (Å²) in [7, 11) is 0. The van der Waals surface area contributed by atoms with Crippen LogP contribution in [0.5, 0.6) is 0 Å². The van der Waals surface area contributed by atoms with Crippen LogP contribution in [0.25, 0.3) is 0 Å². The van der Waals surface area contributed by atoms with E-state index in [1.54, 1.807) is 0 Å². The molecule has 0 saturated heterocycles. The lowest BCUT2D eigenvalue weighted by molar-refractivity contribution is 1.50. The minimum absolute atomic E-state index is 1.33. The quantitative estimate of drug-likeness (QED) is 0.418. The third kappa shape index (κ3) is 60.5. The van der Waals surface area contributed by atoms with Crippen LogP contribution in [-0.2, 0) is 0 Å². The number of rotatable bonds is 2. The van der Waals surface area contributed by atoms with Gasteiger partial charge in [-0.2, -0.15) is 0 Å². The van der Waals surface area contributed by atoms with Gasteiger partial charge in [0.1, 0.15) is 6.34 Å². The molecule has 0 bridgehead atoms. The first kappa shape index (κ1) is 16.0. The van der Waals surface area contributed by atoms with Crippen LogP contribution >= 0.6 is 0 Å². The van der Waals surface area contributed by atoms with Gasteiger partial charge >= 0.3 is 0 Å². The van der Waals surface area contributed by atoms with Gasteiger partial charge in [0.15, 0.2) is 0 Å². The Hall–Kier alpha value is -0.920. The number of nitrogens with zero attached hydrogens (tertiary/aromatic N) is 2. The van der Waals surface area contributed by atoms with Gasteiger partial charge in [-0.3, -0.25) is 4.99 Å². The maximum absolute atomic E-state index is 3.50. The van der Waals surface area contributed by atoms with Crippen molar-refractivity contribution in [2.45, 2.75) is 27.7 Å². The van der Waals surface area contributed by atoms with Gasteiger partial charge in [-0.15, -0.1) is 0 Å². The molecule has 0 aliphatic heterocycles. The average molecular weight is 142 g/mol. The molecule has 60 valence electrons. The molecule has 0 aromatic heterocycles. The number of hydrogen-bond donors (Lipinski definition) is 0. The average Bonchev–Trinajstić information content (AvgIpc) is 2.08. The predicted molar refractivity (Wildman–Crippen MR) is 50.9 cm³/mol. The minimum atomic E-state index is 1.33. The zero-order valence-electron chi connectivity index (χ0n) is 7.46. The molecule has 0 aliphatic rings. The molecule has 0 amide bonds. The highest BCUT2D eigenvalue weighted by Crippen LogP contribution is 1.60. The summed E-state index contributed by atoms with van der Waals surface area (Å²) in [4.78, 5) is 6.81. The van der Waals surface area contributed by atoms with E-state index in [1.807, 2.05) is 27.7 Å². The van der Waals surface area contributed by atoms with E-state index in [4.69, 9.17) is 0 Å². The Morgan fingerprint density at radius 2 is 1.50 bits per heavy atom. The Balaban J connectivity index is -0.000000105. The van der Waals surface area contributed by atoms with Crippen LogP contribution in [0.15, 0.2) is 22.8 Å². The molecular formula is C8H18N2. The highest BCUT2D eigenvalue weighted by Gasteiger charge is 1.46. The van der Waals surface area contributed by atoms with E-state index in [0.29, 0.717) is 0 Å². The first-order chi connectivity index (χ1) is 4.91. The Kier molecular flexibility index (Phi) is 68.5. The van der Waals surface area contributed by atoms with E-state index < -0.39 is 0 Å². The SMILES string of the molecule is C=CN=CN=C.CC.CC. The highest BCUT2D eigenvalue weighted by molar-refractivity contribution is 5.62. The summed E-state index contributed by atoms with van der Waals surface area (Å²) >= 11 is 0. The molecule has 0 N–H and O–H groups in total. The van der Waals surface area contributed by atoms with Crippen LogP contribution in [-0.4, -0.2) is 13.1 Å². The Morgan fingerprint density at radius 3 is 1.60 bits per heavy atom. The number of aliphatic imine (C=N–C) groups is 2. The summed E-state index contributed by atoms with van der Waals surface area (Å²) in [6.07, 6.45) is 2.72. The molecule has 0 aromatic carbocycles. The van der Waals surface area contributed by atoms with Crippen LogP contribution in [0.4, 0.5) is 0 Å². The molecule has 10 heavy (non-hydrogen) atoms. The van der Waals surface area contributed by atoms with Crippen molar-refractivity contribution < 1.29 is 0 Å². The topological polar surface area (TPSA) is 24.7 Å². The smallest absolute Gasteiger partial charge is 0.114 e. The van der Waals surface area contributed by atoms with Crippen LogP contribution in [0.2, 0.25) is 0 Å². The fourth-order valence-electron chi connectivity index (χ4n) is 0.0943.